The predicted octanol–water partition coefficient (Wildman–Crippen LogP) is 3.05. The third kappa shape index (κ3) is 4.34. The van der Waals surface area contributed by atoms with Crippen LogP contribution in [0, 0.1) is 0 Å². The van der Waals surface area contributed by atoms with Gasteiger partial charge >= 0.3 is 0 Å². The number of ether oxygens (including phenoxy) is 1. The lowest BCUT2D eigenvalue weighted by Crippen LogP contribution is -2.41. The molecule has 1 aromatic carbocycles. The number of aromatic amines is 1. The van der Waals surface area contributed by atoms with Crippen LogP contribution in [0.3, 0.4) is 0 Å². The number of pyridine rings is 1. The number of H-pyrrole nitrogens is 1. The molecule has 2 N–H and O–H groups in total. The van der Waals surface area contributed by atoms with Crippen LogP contribution in [0.4, 0.5) is 14.6 Å². The molecule has 2 aromatic heterocycles. The highest BCUT2D eigenvalue weighted by molar-refractivity contribution is 5.97. The van der Waals surface area contributed by atoms with Gasteiger partial charge in [-0.05, 0) is 36.8 Å². The van der Waals surface area contributed by atoms with Crippen molar-refractivity contribution in [2.24, 2.45) is 0 Å². The summed E-state index contributed by atoms with van der Waals surface area (Å²) in [5.74, 6) is 0.180. The summed E-state index contributed by atoms with van der Waals surface area (Å²) < 4.78 is 31.0. The first-order valence-electron chi connectivity index (χ1n) is 9.37. The smallest absolute Gasteiger partial charge is 0.295 e. The molecule has 3 aromatic rings. The summed E-state index contributed by atoms with van der Waals surface area (Å²) >= 11 is 0. The number of rotatable bonds is 5. The molecule has 9 heteroatoms. The zero-order valence-electron chi connectivity index (χ0n) is 15.9. The molecule has 0 saturated carbocycles. The number of carbonyl (C=O) groups is 1. The number of hydrogen-bond acceptors (Lipinski definition) is 5. The Morgan fingerprint density at radius 2 is 2.24 bits per heavy atom. The predicted molar refractivity (Wildman–Crippen MR) is 104 cm³/mol. The third-order valence-corrected chi connectivity index (χ3v) is 4.80. The minimum Gasteiger partial charge on any atom is -0.375 e. The second-order valence-electron chi connectivity index (χ2n) is 6.99. The largest absolute Gasteiger partial charge is 0.375 e. The van der Waals surface area contributed by atoms with Gasteiger partial charge in [-0.15, -0.1) is 0 Å². The summed E-state index contributed by atoms with van der Waals surface area (Å²) in [6.07, 6.45) is -0.771. The summed E-state index contributed by atoms with van der Waals surface area (Å²) in [7, 11) is 0. The Hall–Kier alpha value is -3.07. The van der Waals surface area contributed by atoms with E-state index in [-0.39, 0.29) is 12.0 Å². The molecule has 3 heterocycles. The Balaban J connectivity index is 1.38. The van der Waals surface area contributed by atoms with Crippen LogP contribution < -0.4 is 10.2 Å². The minimum absolute atomic E-state index is 0.175. The van der Waals surface area contributed by atoms with Gasteiger partial charge in [-0.1, -0.05) is 6.07 Å². The summed E-state index contributed by atoms with van der Waals surface area (Å²) in [6.45, 7) is 4.63. The first kappa shape index (κ1) is 19.3. The van der Waals surface area contributed by atoms with Crippen molar-refractivity contribution in [1.29, 1.82) is 0 Å². The summed E-state index contributed by atoms with van der Waals surface area (Å²) in [6, 6.07) is 8.49. The highest BCUT2D eigenvalue weighted by Gasteiger charge is 2.18. The SMILES string of the molecule is CC1CN(c2ccc(CNC(=O)c3ccc4nc(C(F)F)[nH]c4c3)cn2)CCO1. The van der Waals surface area contributed by atoms with E-state index in [1.165, 1.54) is 6.07 Å². The number of nitrogens with zero attached hydrogens (tertiary/aromatic N) is 3. The molecule has 1 unspecified atom stereocenters. The zero-order chi connectivity index (χ0) is 20.4. The Morgan fingerprint density at radius 1 is 1.38 bits per heavy atom. The Morgan fingerprint density at radius 3 is 2.97 bits per heavy atom. The highest BCUT2D eigenvalue weighted by Crippen LogP contribution is 2.21. The van der Waals surface area contributed by atoms with Crippen LogP contribution in [0.15, 0.2) is 36.5 Å². The summed E-state index contributed by atoms with van der Waals surface area (Å²) in [5.41, 5.74) is 2.03. The van der Waals surface area contributed by atoms with Crippen LogP contribution in [-0.2, 0) is 11.3 Å². The van der Waals surface area contributed by atoms with E-state index in [2.05, 4.69) is 25.2 Å². The van der Waals surface area contributed by atoms with Crippen LogP contribution in [0.5, 0.6) is 0 Å². The second kappa shape index (κ2) is 8.12. The lowest BCUT2D eigenvalue weighted by Gasteiger charge is -2.32. The molecule has 1 aliphatic rings. The maximum Gasteiger partial charge on any atom is 0.295 e. The maximum absolute atomic E-state index is 12.8. The normalized spacial score (nSPS) is 17.1. The van der Waals surface area contributed by atoms with E-state index < -0.39 is 12.2 Å². The van der Waals surface area contributed by atoms with Crippen molar-refractivity contribution in [2.45, 2.75) is 26.0 Å². The van der Waals surface area contributed by atoms with Crippen molar-refractivity contribution in [2.75, 3.05) is 24.6 Å². The van der Waals surface area contributed by atoms with E-state index in [0.717, 1.165) is 24.5 Å². The minimum atomic E-state index is -2.68. The quantitative estimate of drug-likeness (QED) is 0.687. The molecule has 4 rings (SSSR count). The first-order valence-corrected chi connectivity index (χ1v) is 9.37. The number of fused-ring (bicyclic) bond motifs is 1. The van der Waals surface area contributed by atoms with Gasteiger partial charge in [0.15, 0.2) is 5.82 Å². The van der Waals surface area contributed by atoms with Gasteiger partial charge in [0, 0.05) is 31.4 Å². The fraction of sp³-hybridized carbons (Fsp3) is 0.350. The molecule has 29 heavy (non-hydrogen) atoms. The van der Waals surface area contributed by atoms with Crippen LogP contribution in [-0.4, -0.2) is 46.7 Å². The van der Waals surface area contributed by atoms with E-state index in [1.54, 1.807) is 18.3 Å². The molecular formula is C20H21F2N5O2. The molecule has 1 saturated heterocycles. The maximum atomic E-state index is 12.8. The fourth-order valence-electron chi connectivity index (χ4n) is 3.29. The van der Waals surface area contributed by atoms with Gasteiger partial charge in [0.1, 0.15) is 5.82 Å². The average Bonchev–Trinajstić information content (AvgIpc) is 3.16. The van der Waals surface area contributed by atoms with Gasteiger partial charge in [0.05, 0.1) is 23.7 Å². The number of alkyl halides is 2. The Labute approximate surface area is 166 Å². The second-order valence-corrected chi connectivity index (χ2v) is 6.99. The molecule has 1 amide bonds. The van der Waals surface area contributed by atoms with Crippen molar-refractivity contribution in [3.8, 4) is 0 Å². The van der Waals surface area contributed by atoms with Crippen LogP contribution in [0.25, 0.3) is 11.0 Å². The summed E-state index contributed by atoms with van der Waals surface area (Å²) in [4.78, 5) is 25.4. The number of anilines is 1. The Bertz CT molecular complexity index is 1010. The number of imidazole rings is 1. The van der Waals surface area contributed by atoms with Gasteiger partial charge in [-0.2, -0.15) is 0 Å². The van der Waals surface area contributed by atoms with Crippen molar-refractivity contribution in [1.82, 2.24) is 20.3 Å². The number of carbonyl (C=O) groups excluding carboxylic acids is 1. The van der Waals surface area contributed by atoms with E-state index in [0.29, 0.717) is 29.7 Å². The van der Waals surface area contributed by atoms with Gasteiger partial charge in [-0.25, -0.2) is 18.7 Å². The number of benzene rings is 1. The summed E-state index contributed by atoms with van der Waals surface area (Å²) in [5, 5.41) is 2.82. The van der Waals surface area contributed by atoms with E-state index >= 15 is 0 Å². The van der Waals surface area contributed by atoms with E-state index in [9.17, 15) is 13.6 Å². The lowest BCUT2D eigenvalue weighted by atomic mass is 10.2. The van der Waals surface area contributed by atoms with E-state index in [1.807, 2.05) is 19.1 Å². The molecule has 1 atom stereocenters. The van der Waals surface area contributed by atoms with Crippen LogP contribution >= 0.6 is 0 Å². The third-order valence-electron chi connectivity index (χ3n) is 4.80. The number of aromatic nitrogens is 3. The van der Waals surface area contributed by atoms with Gasteiger partial charge in [0.2, 0.25) is 0 Å². The molecule has 152 valence electrons. The number of hydrogen-bond donors (Lipinski definition) is 2. The van der Waals surface area contributed by atoms with Crippen molar-refractivity contribution in [3.63, 3.8) is 0 Å². The monoisotopic (exact) mass is 401 g/mol. The number of morpholine rings is 1. The molecule has 0 bridgehead atoms. The standard InChI is InChI=1S/C20H21F2N5O2/c1-12-11-27(6-7-29-12)17-5-2-13(9-23-17)10-24-20(28)14-3-4-15-16(8-14)26-19(25-15)18(21)22/h2-5,8-9,12,18H,6-7,10-11H2,1H3,(H,24,28)(H,25,26). The van der Waals surface area contributed by atoms with Gasteiger partial charge in [0.25, 0.3) is 12.3 Å². The average molecular weight is 401 g/mol. The molecule has 0 aliphatic carbocycles. The Kier molecular flexibility index (Phi) is 5.39. The lowest BCUT2D eigenvalue weighted by molar-refractivity contribution is 0.0529. The van der Waals surface area contributed by atoms with Crippen molar-refractivity contribution >= 4 is 22.8 Å². The van der Waals surface area contributed by atoms with Crippen LogP contribution in [0.1, 0.15) is 35.1 Å². The first-order chi connectivity index (χ1) is 14.0. The van der Waals surface area contributed by atoms with E-state index in [4.69, 9.17) is 4.74 Å². The molecule has 0 radical (unpaired) electrons. The number of halogens is 2. The zero-order valence-corrected chi connectivity index (χ0v) is 15.9. The van der Waals surface area contributed by atoms with Crippen LogP contribution in [0.2, 0.25) is 0 Å². The molecule has 0 spiro atoms. The van der Waals surface area contributed by atoms with Crippen molar-refractivity contribution < 1.29 is 18.3 Å². The highest BCUT2D eigenvalue weighted by atomic mass is 19.3. The fourth-order valence-corrected chi connectivity index (χ4v) is 3.29. The molecule has 1 fully saturated rings. The van der Waals surface area contributed by atoms with Crippen molar-refractivity contribution in [3.05, 3.63) is 53.5 Å². The number of amides is 1. The van der Waals surface area contributed by atoms with Gasteiger partial charge < -0.3 is 19.9 Å². The number of nitrogens with one attached hydrogen (secondary N) is 2. The van der Waals surface area contributed by atoms with Gasteiger partial charge in [-0.3, -0.25) is 4.79 Å². The molecule has 7 nitrogen and oxygen atoms in total. The molecule has 1 aliphatic heterocycles. The molecular weight excluding hydrogens is 380 g/mol. The topological polar surface area (TPSA) is 83.1 Å².